The van der Waals surface area contributed by atoms with Crippen LogP contribution in [0, 0.1) is 0 Å². The SMILES string of the molecule is C(C=Cc1ccccc1)=Cc1ccccc1.CC1=C(C)C([Si](C)C)c2ccccc21.[Ti]. The molecule has 3 aromatic rings. The van der Waals surface area contributed by atoms with Gasteiger partial charge in [0.25, 0.3) is 0 Å². The van der Waals surface area contributed by atoms with Crippen molar-refractivity contribution in [2.45, 2.75) is 32.5 Å². The van der Waals surface area contributed by atoms with Crippen LogP contribution in [0.1, 0.15) is 41.6 Å². The van der Waals surface area contributed by atoms with Crippen molar-refractivity contribution in [1.82, 2.24) is 0 Å². The van der Waals surface area contributed by atoms with Crippen LogP contribution in [-0.2, 0) is 21.7 Å². The predicted octanol–water partition coefficient (Wildman–Crippen LogP) is 8.28. The molecule has 1 aliphatic carbocycles. The largest absolute Gasteiger partial charge is 0.0705 e. The van der Waals surface area contributed by atoms with Gasteiger partial charge in [-0.05, 0) is 47.2 Å². The first kappa shape index (κ1) is 25.1. The molecule has 0 fully saturated rings. The molecule has 3 aromatic carbocycles. The van der Waals surface area contributed by atoms with Crippen LogP contribution in [0.5, 0.6) is 0 Å². The van der Waals surface area contributed by atoms with Crippen molar-refractivity contribution < 1.29 is 21.7 Å². The molecule has 0 saturated carbocycles. The zero-order valence-corrected chi connectivity index (χ0v) is 21.5. The maximum atomic E-state index is 2.41. The molecule has 2 heteroatoms. The summed E-state index contributed by atoms with van der Waals surface area (Å²) in [4.78, 5) is 0. The van der Waals surface area contributed by atoms with E-state index in [4.69, 9.17) is 0 Å². The fourth-order valence-electron chi connectivity index (χ4n) is 3.96. The molecule has 155 valence electrons. The molecule has 1 atom stereocenters. The second-order valence-electron chi connectivity index (χ2n) is 7.95. The molecule has 31 heavy (non-hydrogen) atoms. The van der Waals surface area contributed by atoms with Gasteiger partial charge in [0.2, 0.25) is 0 Å². The quantitative estimate of drug-likeness (QED) is 0.274. The van der Waals surface area contributed by atoms with Crippen molar-refractivity contribution in [3.8, 4) is 0 Å². The summed E-state index contributed by atoms with van der Waals surface area (Å²) in [5.41, 5.74) is 9.36. The Morgan fingerprint density at radius 1 is 0.645 bits per heavy atom. The van der Waals surface area contributed by atoms with Gasteiger partial charge >= 0.3 is 0 Å². The molecule has 1 radical (unpaired) electrons. The standard InChI is InChI=1S/C16H14.C13H17Si.Ti/c1-3-9-15(10-4-1)13-7-8-14-16-11-5-2-6-12-16;1-9-10(2)13(14(3)4)12-8-6-5-7-11(9)12;/h1-14H;5-8,13H,1-4H3;. The monoisotopic (exact) mass is 455 g/mol. The van der Waals surface area contributed by atoms with Gasteiger partial charge in [0, 0.05) is 21.7 Å². The summed E-state index contributed by atoms with van der Waals surface area (Å²) in [5, 5.41) is 0. The van der Waals surface area contributed by atoms with E-state index in [0.717, 1.165) is 5.54 Å². The first-order chi connectivity index (χ1) is 14.6. The van der Waals surface area contributed by atoms with Crippen LogP contribution >= 0.6 is 0 Å². The summed E-state index contributed by atoms with van der Waals surface area (Å²) in [6.45, 7) is 9.39. The molecule has 0 aliphatic heterocycles. The molecule has 1 unspecified atom stereocenters. The number of rotatable bonds is 4. The molecule has 4 rings (SSSR count). The Hall–Kier alpha value is -2.19. The van der Waals surface area contributed by atoms with E-state index < -0.39 is 0 Å². The van der Waals surface area contributed by atoms with E-state index in [9.17, 15) is 0 Å². The first-order valence-corrected chi connectivity index (χ1v) is 13.2. The van der Waals surface area contributed by atoms with Crippen molar-refractivity contribution in [2.75, 3.05) is 0 Å². The summed E-state index contributed by atoms with van der Waals surface area (Å²) >= 11 is 0. The summed E-state index contributed by atoms with van der Waals surface area (Å²) in [6.07, 6.45) is 8.31. The van der Waals surface area contributed by atoms with Gasteiger partial charge in [0.15, 0.2) is 0 Å². The zero-order valence-electron chi connectivity index (χ0n) is 19.0. The molecule has 1 aliphatic rings. The molecule has 0 heterocycles. The Bertz CT molecular complexity index is 983. The van der Waals surface area contributed by atoms with Crippen LogP contribution < -0.4 is 0 Å². The topological polar surface area (TPSA) is 0 Å². The molecule has 0 nitrogen and oxygen atoms in total. The number of benzene rings is 3. The zero-order chi connectivity index (χ0) is 21.3. The van der Waals surface area contributed by atoms with Crippen molar-refractivity contribution in [3.63, 3.8) is 0 Å². The third kappa shape index (κ3) is 6.90. The molecule has 0 saturated heterocycles. The number of fused-ring (bicyclic) bond motifs is 1. The molecular weight excluding hydrogens is 424 g/mol. The van der Waals surface area contributed by atoms with E-state index in [1.165, 1.54) is 22.3 Å². The number of allylic oxidation sites excluding steroid dienone is 4. The third-order valence-electron chi connectivity index (χ3n) is 5.57. The number of hydrogen-bond donors (Lipinski definition) is 0. The molecule has 0 aromatic heterocycles. The van der Waals surface area contributed by atoms with Gasteiger partial charge in [-0.15, -0.1) is 0 Å². The summed E-state index contributed by atoms with van der Waals surface area (Å²) in [6, 6.07) is 29.5. The van der Waals surface area contributed by atoms with E-state index in [1.807, 2.05) is 36.4 Å². The van der Waals surface area contributed by atoms with Gasteiger partial charge < -0.3 is 0 Å². The van der Waals surface area contributed by atoms with E-state index in [0.29, 0.717) is 0 Å². The fourth-order valence-corrected chi connectivity index (χ4v) is 5.91. The molecule has 0 N–H and O–H groups in total. The van der Waals surface area contributed by atoms with Gasteiger partial charge in [0.1, 0.15) is 0 Å². The van der Waals surface area contributed by atoms with Gasteiger partial charge in [-0.1, -0.05) is 128 Å². The molecule has 0 spiro atoms. The second kappa shape index (κ2) is 12.6. The number of hydrogen-bond acceptors (Lipinski definition) is 0. The first-order valence-electron chi connectivity index (χ1n) is 10.6. The van der Waals surface area contributed by atoms with Gasteiger partial charge in [-0.2, -0.15) is 0 Å². The van der Waals surface area contributed by atoms with Gasteiger partial charge in [0.05, 0.1) is 8.80 Å². The Morgan fingerprint density at radius 2 is 1.10 bits per heavy atom. The van der Waals surface area contributed by atoms with Crippen molar-refractivity contribution in [3.05, 3.63) is 125 Å². The van der Waals surface area contributed by atoms with Crippen molar-refractivity contribution in [2.24, 2.45) is 0 Å². The summed E-state index contributed by atoms with van der Waals surface area (Å²) < 4.78 is 0. The van der Waals surface area contributed by atoms with Crippen LogP contribution in [-0.4, -0.2) is 8.80 Å². The van der Waals surface area contributed by atoms with Crippen LogP contribution in [0.15, 0.2) is 103 Å². The minimum absolute atomic E-state index is 0. The van der Waals surface area contributed by atoms with E-state index in [1.54, 1.807) is 11.1 Å². The maximum Gasteiger partial charge on any atom is 0.0552 e. The van der Waals surface area contributed by atoms with Crippen LogP contribution in [0.3, 0.4) is 0 Å². The predicted molar refractivity (Wildman–Crippen MR) is 136 cm³/mol. The van der Waals surface area contributed by atoms with Crippen molar-refractivity contribution in [1.29, 1.82) is 0 Å². The smallest absolute Gasteiger partial charge is 0.0552 e. The van der Waals surface area contributed by atoms with Crippen LogP contribution in [0.25, 0.3) is 17.7 Å². The minimum atomic E-state index is -0.263. The Morgan fingerprint density at radius 3 is 1.58 bits per heavy atom. The van der Waals surface area contributed by atoms with E-state index >= 15 is 0 Å². The minimum Gasteiger partial charge on any atom is -0.0705 e. The molecule has 0 bridgehead atoms. The molecule has 0 amide bonds. The van der Waals surface area contributed by atoms with Crippen LogP contribution in [0.2, 0.25) is 13.1 Å². The van der Waals surface area contributed by atoms with Crippen molar-refractivity contribution >= 4 is 26.5 Å². The van der Waals surface area contributed by atoms with Crippen LogP contribution in [0.4, 0.5) is 0 Å². The normalized spacial score (nSPS) is 15.1. The average molecular weight is 456 g/mol. The Balaban J connectivity index is 0.000000215. The Labute approximate surface area is 204 Å². The fraction of sp³-hybridized carbons (Fsp3) is 0.172. The third-order valence-corrected chi connectivity index (χ3v) is 7.46. The summed E-state index contributed by atoms with van der Waals surface area (Å²) in [7, 11) is -0.263. The molecular formula is C29H31SiTi. The second-order valence-corrected chi connectivity index (χ2v) is 10.7. The van der Waals surface area contributed by atoms with Gasteiger partial charge in [-0.25, -0.2) is 0 Å². The maximum absolute atomic E-state index is 2.41. The average Bonchev–Trinajstić information content (AvgIpc) is 3.04. The van der Waals surface area contributed by atoms with Gasteiger partial charge in [-0.3, -0.25) is 0 Å². The Kier molecular flexibility index (Phi) is 10.2. The summed E-state index contributed by atoms with van der Waals surface area (Å²) in [5.74, 6) is 0. The van der Waals surface area contributed by atoms with E-state index in [-0.39, 0.29) is 30.5 Å². The van der Waals surface area contributed by atoms with E-state index in [2.05, 4.69) is 99.8 Å².